The first kappa shape index (κ1) is 13.7. The number of hydrogen-bond acceptors (Lipinski definition) is 1. The number of benzene rings is 2. The molecule has 1 nitrogen and oxygen atoms in total. The minimum absolute atomic E-state index is 0.135. The van der Waals surface area contributed by atoms with E-state index in [-0.39, 0.29) is 12.0 Å². The molecule has 0 aliphatic carbocycles. The molecule has 0 spiro atoms. The summed E-state index contributed by atoms with van der Waals surface area (Å²) in [6.45, 7) is 0. The van der Waals surface area contributed by atoms with Crippen molar-refractivity contribution in [1.29, 1.82) is 0 Å². The van der Waals surface area contributed by atoms with Gasteiger partial charge in [0.1, 0.15) is 11.6 Å². The van der Waals surface area contributed by atoms with Crippen LogP contribution in [0.25, 0.3) is 0 Å². The highest BCUT2D eigenvalue weighted by atomic mass is 19.1. The minimum Gasteiger partial charge on any atom is -0.393 e. The molecule has 3 heteroatoms. The quantitative estimate of drug-likeness (QED) is 0.874. The fourth-order valence-corrected chi connectivity index (χ4v) is 2.03. The lowest BCUT2D eigenvalue weighted by molar-refractivity contribution is 0.164. The normalized spacial score (nSPS) is 12.4. The lowest BCUT2D eigenvalue weighted by atomic mass is 10.0. The molecule has 1 N–H and O–H groups in total. The maximum absolute atomic E-state index is 13.4. The maximum atomic E-state index is 13.4. The predicted molar refractivity (Wildman–Crippen MR) is 70.8 cm³/mol. The van der Waals surface area contributed by atoms with Gasteiger partial charge < -0.3 is 5.11 Å². The van der Waals surface area contributed by atoms with Gasteiger partial charge in [-0.15, -0.1) is 0 Å². The molecule has 1 atom stereocenters. The van der Waals surface area contributed by atoms with Crippen LogP contribution in [-0.2, 0) is 12.8 Å². The van der Waals surface area contributed by atoms with Crippen molar-refractivity contribution in [3.05, 3.63) is 71.3 Å². The average molecular weight is 262 g/mol. The van der Waals surface area contributed by atoms with Gasteiger partial charge in [-0.25, -0.2) is 8.78 Å². The Hall–Kier alpha value is -1.74. The number of aliphatic hydroxyl groups is 1. The summed E-state index contributed by atoms with van der Waals surface area (Å²) in [5.41, 5.74) is 1.35. The van der Waals surface area contributed by atoms with E-state index in [1.165, 1.54) is 0 Å². The summed E-state index contributed by atoms with van der Waals surface area (Å²) < 4.78 is 26.4. The van der Waals surface area contributed by atoms with E-state index < -0.39 is 17.7 Å². The molecule has 0 aromatic heterocycles. The van der Waals surface area contributed by atoms with Gasteiger partial charge in [-0.1, -0.05) is 30.3 Å². The lowest BCUT2D eigenvalue weighted by Gasteiger charge is -2.11. The zero-order valence-corrected chi connectivity index (χ0v) is 10.5. The number of rotatable bonds is 5. The zero-order valence-electron chi connectivity index (χ0n) is 10.5. The van der Waals surface area contributed by atoms with Gasteiger partial charge in [0.15, 0.2) is 0 Å². The summed E-state index contributed by atoms with van der Waals surface area (Å²) in [5, 5.41) is 9.89. The molecule has 2 aromatic rings. The van der Waals surface area contributed by atoms with Crippen LogP contribution >= 0.6 is 0 Å². The molecule has 0 saturated carbocycles. The van der Waals surface area contributed by atoms with Crippen molar-refractivity contribution in [3.63, 3.8) is 0 Å². The van der Waals surface area contributed by atoms with Crippen LogP contribution in [0.1, 0.15) is 17.5 Å². The molecule has 0 saturated heterocycles. The largest absolute Gasteiger partial charge is 0.393 e. The van der Waals surface area contributed by atoms with Gasteiger partial charge in [-0.3, -0.25) is 0 Å². The Morgan fingerprint density at radius 2 is 1.74 bits per heavy atom. The number of aryl methyl sites for hydroxylation is 1. The topological polar surface area (TPSA) is 20.2 Å². The fraction of sp³-hybridized carbons (Fsp3) is 0.250. The predicted octanol–water partition coefficient (Wildman–Crippen LogP) is 3.50. The van der Waals surface area contributed by atoms with Gasteiger partial charge in [0.05, 0.1) is 6.10 Å². The van der Waals surface area contributed by atoms with Crippen LogP contribution in [-0.4, -0.2) is 11.2 Å². The molecule has 0 fully saturated rings. The third-order valence-electron chi connectivity index (χ3n) is 3.07. The maximum Gasteiger partial charge on any atom is 0.126 e. The third kappa shape index (κ3) is 4.14. The zero-order chi connectivity index (χ0) is 13.7. The first-order valence-electron chi connectivity index (χ1n) is 6.31. The van der Waals surface area contributed by atoms with Crippen LogP contribution in [0.15, 0.2) is 48.5 Å². The van der Waals surface area contributed by atoms with E-state index in [1.54, 1.807) is 0 Å². The summed E-state index contributed by atoms with van der Waals surface area (Å²) in [7, 11) is 0. The van der Waals surface area contributed by atoms with Gasteiger partial charge in [0, 0.05) is 6.42 Å². The van der Waals surface area contributed by atoms with Crippen molar-refractivity contribution in [1.82, 2.24) is 0 Å². The average Bonchev–Trinajstić information content (AvgIpc) is 2.42. The Morgan fingerprint density at radius 3 is 2.47 bits per heavy atom. The molecule has 2 rings (SSSR count). The SMILES string of the molecule is OC(CCc1ccccc1)Cc1cc(F)ccc1F. The van der Waals surface area contributed by atoms with Gasteiger partial charge in [0.25, 0.3) is 0 Å². The molecule has 0 aliphatic heterocycles. The second kappa shape index (κ2) is 6.43. The first-order chi connectivity index (χ1) is 9.15. The fourth-order valence-electron chi connectivity index (χ4n) is 2.03. The van der Waals surface area contributed by atoms with Crippen molar-refractivity contribution in [2.75, 3.05) is 0 Å². The second-order valence-electron chi connectivity index (χ2n) is 4.62. The van der Waals surface area contributed by atoms with E-state index in [4.69, 9.17) is 0 Å². The van der Waals surface area contributed by atoms with Crippen molar-refractivity contribution in [2.24, 2.45) is 0 Å². The molecule has 0 heterocycles. The number of halogens is 2. The van der Waals surface area contributed by atoms with Crippen molar-refractivity contribution < 1.29 is 13.9 Å². The van der Waals surface area contributed by atoms with Gasteiger partial charge in [-0.2, -0.15) is 0 Å². The van der Waals surface area contributed by atoms with E-state index in [0.29, 0.717) is 6.42 Å². The van der Waals surface area contributed by atoms with E-state index in [1.807, 2.05) is 30.3 Å². The summed E-state index contributed by atoms with van der Waals surface area (Å²) in [4.78, 5) is 0. The first-order valence-corrected chi connectivity index (χ1v) is 6.31. The molecular formula is C16H16F2O. The Balaban J connectivity index is 1.90. The molecule has 0 aliphatic rings. The van der Waals surface area contributed by atoms with Crippen molar-refractivity contribution in [2.45, 2.75) is 25.4 Å². The lowest BCUT2D eigenvalue weighted by Crippen LogP contribution is -2.13. The number of aliphatic hydroxyl groups excluding tert-OH is 1. The van der Waals surface area contributed by atoms with Crippen LogP contribution in [0.4, 0.5) is 8.78 Å². The van der Waals surface area contributed by atoms with Crippen LogP contribution < -0.4 is 0 Å². The molecule has 2 aromatic carbocycles. The Morgan fingerprint density at radius 1 is 1.00 bits per heavy atom. The van der Waals surface area contributed by atoms with Crippen LogP contribution in [0.2, 0.25) is 0 Å². The molecule has 1 unspecified atom stereocenters. The molecular weight excluding hydrogens is 246 g/mol. The molecule has 0 bridgehead atoms. The van der Waals surface area contributed by atoms with E-state index in [0.717, 1.165) is 30.2 Å². The Bertz CT molecular complexity index is 526. The monoisotopic (exact) mass is 262 g/mol. The van der Waals surface area contributed by atoms with Gasteiger partial charge in [-0.05, 0) is 42.2 Å². The Labute approximate surface area is 111 Å². The van der Waals surface area contributed by atoms with E-state index in [9.17, 15) is 13.9 Å². The third-order valence-corrected chi connectivity index (χ3v) is 3.07. The summed E-state index contributed by atoms with van der Waals surface area (Å²) in [5.74, 6) is -0.952. The minimum atomic E-state index is -0.670. The van der Waals surface area contributed by atoms with E-state index in [2.05, 4.69) is 0 Å². The molecule has 100 valence electrons. The van der Waals surface area contributed by atoms with Crippen molar-refractivity contribution >= 4 is 0 Å². The standard InChI is InChI=1S/C16H16F2O/c17-14-7-9-16(18)13(10-14)11-15(19)8-6-12-4-2-1-3-5-12/h1-5,7,9-10,15,19H,6,8,11H2. The van der Waals surface area contributed by atoms with Crippen molar-refractivity contribution in [3.8, 4) is 0 Å². The second-order valence-corrected chi connectivity index (χ2v) is 4.62. The highest BCUT2D eigenvalue weighted by Crippen LogP contribution is 2.14. The summed E-state index contributed by atoms with van der Waals surface area (Å²) in [6.07, 6.45) is 0.714. The molecule has 19 heavy (non-hydrogen) atoms. The summed E-state index contributed by atoms with van der Waals surface area (Å²) in [6, 6.07) is 13.1. The van der Waals surface area contributed by atoms with Gasteiger partial charge in [0.2, 0.25) is 0 Å². The van der Waals surface area contributed by atoms with Crippen LogP contribution in [0.3, 0.4) is 0 Å². The highest BCUT2D eigenvalue weighted by Gasteiger charge is 2.10. The Kier molecular flexibility index (Phi) is 4.63. The van der Waals surface area contributed by atoms with Crippen LogP contribution in [0.5, 0.6) is 0 Å². The van der Waals surface area contributed by atoms with Gasteiger partial charge >= 0.3 is 0 Å². The smallest absolute Gasteiger partial charge is 0.126 e. The number of hydrogen-bond donors (Lipinski definition) is 1. The van der Waals surface area contributed by atoms with E-state index >= 15 is 0 Å². The highest BCUT2D eigenvalue weighted by molar-refractivity contribution is 5.20. The molecule has 0 amide bonds. The van der Waals surface area contributed by atoms with Crippen LogP contribution in [0, 0.1) is 11.6 Å². The molecule has 0 radical (unpaired) electrons. The summed E-state index contributed by atoms with van der Waals surface area (Å²) >= 11 is 0.